The van der Waals surface area contributed by atoms with Crippen molar-refractivity contribution in [2.75, 3.05) is 14.2 Å². The number of rotatable bonds is 3. The molecule has 0 heterocycles. The number of aromatic hydroxyl groups is 3. The highest BCUT2D eigenvalue weighted by Crippen LogP contribution is 2.61. The maximum atomic E-state index is 12.4. The van der Waals surface area contributed by atoms with E-state index in [9.17, 15) is 15.3 Å². The van der Waals surface area contributed by atoms with E-state index in [4.69, 9.17) is 9.47 Å². The molecular formula is C58H56O5. The van der Waals surface area contributed by atoms with E-state index < -0.39 is 0 Å². The fourth-order valence-corrected chi connectivity index (χ4v) is 10.7. The van der Waals surface area contributed by atoms with Crippen LogP contribution in [0.15, 0.2) is 115 Å². The fraction of sp³-hybridized carbons (Fsp3) is 0.276. The van der Waals surface area contributed by atoms with Crippen LogP contribution in [0.3, 0.4) is 0 Å². The van der Waals surface area contributed by atoms with Crippen LogP contribution in [0.1, 0.15) is 142 Å². The Balaban J connectivity index is 1.28. The number of ether oxygens (including phenoxy) is 2. The SMILES string of the molecule is COc1c2ccc3c1C1c4ccccc4C3c3ccc(c(OC)c31)Cc1cc(C(C)(C)C)cc(c1O)Cc1cc(-c3ccccc3)cc(c1O)Cc1cc(C(C)(C)C)cc(c1O)C2. The zero-order chi connectivity index (χ0) is 44.1. The summed E-state index contributed by atoms with van der Waals surface area (Å²) in [6.45, 7) is 13.2. The highest BCUT2D eigenvalue weighted by atomic mass is 16.5. The number of phenolic OH excluding ortho intramolecular Hbond substituents is 3. The second kappa shape index (κ2) is 14.8. The van der Waals surface area contributed by atoms with Gasteiger partial charge in [0, 0.05) is 48.6 Å². The highest BCUT2D eigenvalue weighted by molar-refractivity contribution is 5.75. The van der Waals surface area contributed by atoms with Crippen LogP contribution >= 0.6 is 0 Å². The molecule has 0 radical (unpaired) electrons. The largest absolute Gasteiger partial charge is 0.507 e. The second-order valence-electron chi connectivity index (χ2n) is 20.0. The van der Waals surface area contributed by atoms with Crippen LogP contribution in [0.2, 0.25) is 0 Å². The Morgan fingerprint density at radius 1 is 0.397 bits per heavy atom. The van der Waals surface area contributed by atoms with E-state index in [2.05, 4.69) is 126 Å². The maximum Gasteiger partial charge on any atom is 0.126 e. The first-order chi connectivity index (χ1) is 30.1. The number of methoxy groups -OCH3 is 2. The molecule has 318 valence electrons. The summed E-state index contributed by atoms with van der Waals surface area (Å²) in [5.74, 6) is 2.06. The Morgan fingerprint density at radius 2 is 0.762 bits per heavy atom. The molecule has 0 fully saturated rings. The third kappa shape index (κ3) is 6.67. The summed E-state index contributed by atoms with van der Waals surface area (Å²) >= 11 is 0. The van der Waals surface area contributed by atoms with Gasteiger partial charge in [0.15, 0.2) is 0 Å². The molecule has 4 aliphatic rings. The number of benzene rings is 7. The van der Waals surface area contributed by atoms with Gasteiger partial charge in [-0.15, -0.1) is 0 Å². The Hall–Kier alpha value is -6.46. The van der Waals surface area contributed by atoms with Gasteiger partial charge in [0.05, 0.1) is 14.2 Å². The van der Waals surface area contributed by atoms with Crippen LogP contribution in [0, 0.1) is 0 Å². The van der Waals surface area contributed by atoms with E-state index in [1.165, 1.54) is 22.3 Å². The zero-order valence-corrected chi connectivity index (χ0v) is 37.6. The summed E-state index contributed by atoms with van der Waals surface area (Å²) < 4.78 is 13.0. The van der Waals surface area contributed by atoms with Gasteiger partial charge in [-0.1, -0.05) is 145 Å². The monoisotopic (exact) mass is 832 g/mol. The summed E-state index contributed by atoms with van der Waals surface area (Å²) in [4.78, 5) is 0. The van der Waals surface area contributed by atoms with E-state index in [0.29, 0.717) is 36.8 Å². The average Bonchev–Trinajstić information content (AvgIpc) is 3.26. The lowest BCUT2D eigenvalue weighted by Crippen LogP contribution is -2.29. The Kier molecular flexibility index (Phi) is 9.56. The van der Waals surface area contributed by atoms with Crippen LogP contribution in [0.5, 0.6) is 28.7 Å². The third-order valence-electron chi connectivity index (χ3n) is 14.0. The van der Waals surface area contributed by atoms with Gasteiger partial charge in [-0.05, 0) is 112 Å². The van der Waals surface area contributed by atoms with Crippen LogP contribution in [0.25, 0.3) is 11.1 Å². The van der Waals surface area contributed by atoms with Gasteiger partial charge in [-0.25, -0.2) is 0 Å². The third-order valence-corrected chi connectivity index (χ3v) is 14.0. The predicted octanol–water partition coefficient (Wildman–Crippen LogP) is 12.7. The van der Waals surface area contributed by atoms with Crippen molar-refractivity contribution in [2.45, 2.75) is 89.9 Å². The molecule has 0 aromatic heterocycles. The van der Waals surface area contributed by atoms with Crippen LogP contribution in [-0.4, -0.2) is 29.5 Å². The molecule has 63 heavy (non-hydrogen) atoms. The molecule has 11 rings (SSSR count). The fourth-order valence-electron chi connectivity index (χ4n) is 10.7. The van der Waals surface area contributed by atoms with Gasteiger partial charge in [0.25, 0.3) is 0 Å². The van der Waals surface area contributed by atoms with Crippen LogP contribution in [0.4, 0.5) is 0 Å². The topological polar surface area (TPSA) is 79.2 Å². The van der Waals surface area contributed by atoms with Gasteiger partial charge in [-0.2, -0.15) is 0 Å². The van der Waals surface area contributed by atoms with Crippen molar-refractivity contribution in [3.8, 4) is 39.9 Å². The Bertz CT molecular complexity index is 2820. The van der Waals surface area contributed by atoms with Crippen molar-refractivity contribution in [3.63, 3.8) is 0 Å². The first-order valence-corrected chi connectivity index (χ1v) is 22.2. The second-order valence-corrected chi connectivity index (χ2v) is 20.0. The lowest BCUT2D eigenvalue weighted by atomic mass is 9.60. The normalized spacial score (nSPS) is 16.2. The van der Waals surface area contributed by atoms with E-state index in [1.807, 2.05) is 30.3 Å². The molecule has 5 heteroatoms. The highest BCUT2D eigenvalue weighted by Gasteiger charge is 2.45. The number of hydrogen-bond donors (Lipinski definition) is 3. The van der Waals surface area contributed by atoms with Gasteiger partial charge >= 0.3 is 0 Å². The number of hydrogen-bond acceptors (Lipinski definition) is 5. The van der Waals surface area contributed by atoms with Crippen molar-refractivity contribution >= 4 is 0 Å². The first kappa shape index (κ1) is 40.6. The Morgan fingerprint density at radius 3 is 1.16 bits per heavy atom. The molecule has 4 aliphatic carbocycles. The molecule has 5 nitrogen and oxygen atoms in total. The molecule has 0 unspecified atom stereocenters. The molecule has 0 atom stereocenters. The molecule has 0 saturated carbocycles. The number of phenols is 3. The zero-order valence-electron chi connectivity index (χ0n) is 37.6. The minimum absolute atomic E-state index is 0.0177. The average molecular weight is 833 g/mol. The molecule has 0 amide bonds. The quantitative estimate of drug-likeness (QED) is 0.165. The van der Waals surface area contributed by atoms with Gasteiger partial charge in [0.2, 0.25) is 0 Å². The minimum Gasteiger partial charge on any atom is -0.507 e. The minimum atomic E-state index is -0.224. The summed E-state index contributed by atoms with van der Waals surface area (Å²) in [7, 11) is 3.53. The summed E-state index contributed by atoms with van der Waals surface area (Å²) in [6, 6.07) is 40.5. The first-order valence-electron chi connectivity index (χ1n) is 22.2. The molecule has 7 aromatic rings. The predicted molar refractivity (Wildman–Crippen MR) is 253 cm³/mol. The maximum absolute atomic E-state index is 12.4. The lowest BCUT2D eigenvalue weighted by Gasteiger charge is -2.44. The van der Waals surface area contributed by atoms with E-state index in [0.717, 1.165) is 78.3 Å². The summed E-state index contributed by atoms with van der Waals surface area (Å²) in [5.41, 5.74) is 17.5. The molecule has 7 aromatic carbocycles. The van der Waals surface area contributed by atoms with Gasteiger partial charge in [0.1, 0.15) is 28.7 Å². The van der Waals surface area contributed by atoms with Crippen LogP contribution < -0.4 is 9.47 Å². The van der Waals surface area contributed by atoms with E-state index >= 15 is 0 Å². The van der Waals surface area contributed by atoms with Gasteiger partial charge in [-0.3, -0.25) is 0 Å². The number of fused-ring (bicyclic) bond motifs is 8. The summed E-state index contributed by atoms with van der Waals surface area (Å²) in [6.07, 6.45) is 1.52. The summed E-state index contributed by atoms with van der Waals surface area (Å²) in [5, 5.41) is 37.2. The standard InChI is InChI=1S/C58H56O5/c1-57(2,3)42-28-38-22-33-18-20-46-48-44-16-12-13-17-45(44)49(50(46)55(33)62-7)51-47(48)21-19-34(56(51)63-8)23-39-29-43(58(4,5)6)31-41(54(39)61)27-37-25-35(32-14-10-9-11-15-32)24-36(52(37)59)26-40(30-42)53(38)60/h9-21,24-25,28-31,48-49,59-61H,22-23,26-27H2,1-8H3. The van der Waals surface area contributed by atoms with E-state index in [1.54, 1.807) is 14.2 Å². The van der Waals surface area contributed by atoms with Crippen LogP contribution in [-0.2, 0) is 36.5 Å². The molecular weight excluding hydrogens is 777 g/mol. The molecule has 0 saturated heterocycles. The van der Waals surface area contributed by atoms with E-state index in [-0.39, 0.29) is 39.9 Å². The molecule has 0 aliphatic heterocycles. The van der Waals surface area contributed by atoms with Crippen molar-refractivity contribution in [2.24, 2.45) is 0 Å². The molecule has 3 N–H and O–H groups in total. The molecule has 12 bridgehead atoms. The smallest absolute Gasteiger partial charge is 0.126 e. The van der Waals surface area contributed by atoms with Crippen molar-refractivity contribution in [1.82, 2.24) is 0 Å². The van der Waals surface area contributed by atoms with Crippen molar-refractivity contribution in [3.05, 3.63) is 204 Å². The molecule has 0 spiro atoms. The lowest BCUT2D eigenvalue weighted by molar-refractivity contribution is 0.392. The van der Waals surface area contributed by atoms with Crippen molar-refractivity contribution in [1.29, 1.82) is 0 Å². The van der Waals surface area contributed by atoms with Gasteiger partial charge < -0.3 is 24.8 Å². The van der Waals surface area contributed by atoms with Crippen molar-refractivity contribution < 1.29 is 24.8 Å². The Labute approximate surface area is 371 Å².